The molecule has 1 aliphatic heterocycles. The first-order valence-electron chi connectivity index (χ1n) is 11.0. The zero-order valence-corrected chi connectivity index (χ0v) is 18.6. The summed E-state index contributed by atoms with van der Waals surface area (Å²) in [6.45, 7) is 0.736. The fourth-order valence-electron chi connectivity index (χ4n) is 5.00. The quantitative estimate of drug-likeness (QED) is 0.544. The van der Waals surface area contributed by atoms with Crippen molar-refractivity contribution >= 4 is 17.3 Å². The van der Waals surface area contributed by atoms with Crippen molar-refractivity contribution in [3.05, 3.63) is 83.9 Å². The summed E-state index contributed by atoms with van der Waals surface area (Å²) in [5.41, 5.74) is 3.53. The van der Waals surface area contributed by atoms with E-state index in [-0.39, 0.29) is 12.1 Å². The molecule has 2 unspecified atom stereocenters. The molecule has 2 aliphatic rings. The molecule has 2 fully saturated rings. The van der Waals surface area contributed by atoms with Gasteiger partial charge in [-0.1, -0.05) is 31.0 Å². The first-order chi connectivity index (χ1) is 15.2. The zero-order chi connectivity index (χ0) is 21.2. The smallest absolute Gasteiger partial charge is 0.170 e. The second-order valence-corrected chi connectivity index (χ2v) is 8.77. The first-order valence-corrected chi connectivity index (χ1v) is 11.4. The summed E-state index contributed by atoms with van der Waals surface area (Å²) in [5, 5.41) is 4.35. The largest absolute Gasteiger partial charge is 0.497 e. The molecule has 2 aromatic heterocycles. The lowest BCUT2D eigenvalue weighted by molar-refractivity contribution is 0.290. The number of nitrogens with zero attached hydrogens (tertiary/aromatic N) is 3. The van der Waals surface area contributed by atoms with Gasteiger partial charge in [-0.3, -0.25) is 4.98 Å². The van der Waals surface area contributed by atoms with Crippen LogP contribution >= 0.6 is 12.2 Å². The molecule has 1 saturated heterocycles. The van der Waals surface area contributed by atoms with Crippen LogP contribution < -0.4 is 10.1 Å². The molecular weight excluding hydrogens is 404 g/mol. The molecule has 3 heterocycles. The number of pyridine rings is 1. The first kappa shape index (κ1) is 20.1. The molecular formula is C25H28N4OS. The number of benzene rings is 1. The Bertz CT molecular complexity index is 1030. The SMILES string of the molecule is COc1ccc(CN2C(=S)NC(c3ccccn3)C2c2cccn2C2CCCC2)cc1. The van der Waals surface area contributed by atoms with Crippen molar-refractivity contribution in [2.45, 2.75) is 50.4 Å². The van der Waals surface area contributed by atoms with Crippen LogP contribution in [0.4, 0.5) is 0 Å². The van der Waals surface area contributed by atoms with Gasteiger partial charge < -0.3 is 19.5 Å². The number of hydrogen-bond donors (Lipinski definition) is 1. The molecule has 0 spiro atoms. The summed E-state index contributed by atoms with van der Waals surface area (Å²) in [5.74, 6) is 0.865. The average Bonchev–Trinajstić information content (AvgIpc) is 3.55. The van der Waals surface area contributed by atoms with E-state index in [0.29, 0.717) is 6.04 Å². The summed E-state index contributed by atoms with van der Waals surface area (Å²) in [7, 11) is 1.69. The Morgan fingerprint density at radius 1 is 1.06 bits per heavy atom. The molecule has 0 radical (unpaired) electrons. The lowest BCUT2D eigenvalue weighted by Crippen LogP contribution is -2.30. The molecule has 2 atom stereocenters. The molecule has 0 bridgehead atoms. The number of nitrogens with one attached hydrogen (secondary N) is 1. The van der Waals surface area contributed by atoms with E-state index in [9.17, 15) is 0 Å². The third kappa shape index (κ3) is 3.92. The predicted molar refractivity (Wildman–Crippen MR) is 126 cm³/mol. The van der Waals surface area contributed by atoms with Crippen LogP contribution in [0.15, 0.2) is 67.0 Å². The van der Waals surface area contributed by atoms with Gasteiger partial charge >= 0.3 is 0 Å². The minimum absolute atomic E-state index is 0.0157. The molecule has 0 amide bonds. The maximum atomic E-state index is 5.85. The molecule has 1 N–H and O–H groups in total. The summed E-state index contributed by atoms with van der Waals surface area (Å²) in [6, 6.07) is 19.5. The normalized spacial score (nSPS) is 21.5. The third-order valence-corrected chi connectivity index (χ3v) is 6.90. The minimum atomic E-state index is 0.0157. The lowest BCUT2D eigenvalue weighted by atomic mass is 10.00. The van der Waals surface area contributed by atoms with Crippen LogP contribution in [0.2, 0.25) is 0 Å². The van der Waals surface area contributed by atoms with Crippen molar-refractivity contribution < 1.29 is 4.74 Å². The molecule has 1 saturated carbocycles. The van der Waals surface area contributed by atoms with Crippen molar-refractivity contribution in [1.82, 2.24) is 19.8 Å². The van der Waals surface area contributed by atoms with Crippen LogP contribution in [0.3, 0.4) is 0 Å². The van der Waals surface area contributed by atoms with E-state index in [1.807, 2.05) is 30.5 Å². The Hall–Kier alpha value is -2.86. The van der Waals surface area contributed by atoms with Gasteiger partial charge in [0.05, 0.1) is 24.9 Å². The maximum Gasteiger partial charge on any atom is 0.170 e. The number of methoxy groups -OCH3 is 1. The summed E-state index contributed by atoms with van der Waals surface area (Å²) >= 11 is 5.85. The van der Waals surface area contributed by atoms with E-state index in [1.165, 1.54) is 36.9 Å². The van der Waals surface area contributed by atoms with E-state index in [2.05, 4.69) is 56.3 Å². The second kappa shape index (κ2) is 8.71. The molecule has 1 aromatic carbocycles. The summed E-state index contributed by atoms with van der Waals surface area (Å²) in [4.78, 5) is 6.99. The van der Waals surface area contributed by atoms with Crippen molar-refractivity contribution in [1.29, 1.82) is 0 Å². The van der Waals surface area contributed by atoms with Gasteiger partial charge in [-0.2, -0.15) is 0 Å². The molecule has 3 aromatic rings. The maximum absolute atomic E-state index is 5.85. The number of rotatable bonds is 6. The topological polar surface area (TPSA) is 42.3 Å². The van der Waals surface area contributed by atoms with Gasteiger partial charge in [-0.05, 0) is 67.0 Å². The standard InChI is InChI=1S/C25H28N4OS/c1-30-20-13-11-18(12-14-20)17-29-24(22-10-6-16-28(22)19-7-2-3-8-19)23(27-25(29)31)21-9-4-5-15-26-21/h4-6,9-16,19,23-24H,2-3,7-8,17H2,1H3,(H,27,31). The minimum Gasteiger partial charge on any atom is -0.497 e. The van der Waals surface area contributed by atoms with Crippen molar-refractivity contribution in [3.63, 3.8) is 0 Å². The molecule has 31 heavy (non-hydrogen) atoms. The van der Waals surface area contributed by atoms with Crippen molar-refractivity contribution in [2.24, 2.45) is 0 Å². The van der Waals surface area contributed by atoms with E-state index in [4.69, 9.17) is 17.0 Å². The van der Waals surface area contributed by atoms with Gasteiger partial charge in [0.1, 0.15) is 5.75 Å². The Labute approximate surface area is 189 Å². The number of aromatic nitrogens is 2. The highest BCUT2D eigenvalue weighted by Crippen LogP contribution is 2.42. The number of ether oxygens (including phenoxy) is 1. The van der Waals surface area contributed by atoms with Gasteiger partial charge in [0.15, 0.2) is 5.11 Å². The highest BCUT2D eigenvalue weighted by atomic mass is 32.1. The van der Waals surface area contributed by atoms with Gasteiger partial charge in [0.2, 0.25) is 0 Å². The fraction of sp³-hybridized carbons (Fsp3) is 0.360. The highest BCUT2D eigenvalue weighted by molar-refractivity contribution is 7.80. The molecule has 160 valence electrons. The number of hydrogen-bond acceptors (Lipinski definition) is 3. The predicted octanol–water partition coefficient (Wildman–Crippen LogP) is 5.18. The van der Waals surface area contributed by atoms with Crippen LogP contribution in [0.25, 0.3) is 0 Å². The van der Waals surface area contributed by atoms with E-state index >= 15 is 0 Å². The van der Waals surface area contributed by atoms with Crippen molar-refractivity contribution in [2.75, 3.05) is 7.11 Å². The van der Waals surface area contributed by atoms with E-state index < -0.39 is 0 Å². The van der Waals surface area contributed by atoms with E-state index in [1.54, 1.807) is 7.11 Å². The van der Waals surface area contributed by atoms with Gasteiger partial charge in [0, 0.05) is 30.7 Å². The summed E-state index contributed by atoms with van der Waals surface area (Å²) < 4.78 is 7.81. The zero-order valence-electron chi connectivity index (χ0n) is 17.8. The van der Waals surface area contributed by atoms with Gasteiger partial charge in [-0.25, -0.2) is 0 Å². The third-order valence-electron chi connectivity index (χ3n) is 6.54. The molecule has 1 aliphatic carbocycles. The lowest BCUT2D eigenvalue weighted by Gasteiger charge is -2.30. The average molecular weight is 433 g/mol. The van der Waals surface area contributed by atoms with Crippen LogP contribution in [0, 0.1) is 0 Å². The van der Waals surface area contributed by atoms with Crippen molar-refractivity contribution in [3.8, 4) is 5.75 Å². The van der Waals surface area contributed by atoms with Crippen LogP contribution in [0.1, 0.15) is 60.8 Å². The van der Waals surface area contributed by atoms with Gasteiger partial charge in [-0.15, -0.1) is 0 Å². The highest BCUT2D eigenvalue weighted by Gasteiger charge is 2.41. The molecule has 5 nitrogen and oxygen atoms in total. The Morgan fingerprint density at radius 3 is 2.58 bits per heavy atom. The Balaban J connectivity index is 1.52. The Kier molecular flexibility index (Phi) is 5.64. The van der Waals surface area contributed by atoms with Gasteiger partial charge in [0.25, 0.3) is 0 Å². The van der Waals surface area contributed by atoms with E-state index in [0.717, 1.165) is 23.1 Å². The number of thiocarbonyl (C=S) groups is 1. The van der Waals surface area contributed by atoms with Crippen LogP contribution in [0.5, 0.6) is 5.75 Å². The Morgan fingerprint density at radius 2 is 1.87 bits per heavy atom. The molecule has 6 heteroatoms. The second-order valence-electron chi connectivity index (χ2n) is 8.38. The monoisotopic (exact) mass is 432 g/mol. The molecule has 5 rings (SSSR count). The van der Waals surface area contributed by atoms with Crippen LogP contribution in [-0.2, 0) is 6.54 Å². The van der Waals surface area contributed by atoms with Crippen LogP contribution in [-0.4, -0.2) is 26.7 Å². The fourth-order valence-corrected chi connectivity index (χ4v) is 5.30. The summed E-state index contributed by atoms with van der Waals surface area (Å²) in [6.07, 6.45) is 9.22.